The number of aryl methyl sites for hydroxylation is 1. The van der Waals surface area contributed by atoms with Crippen LogP contribution in [0.3, 0.4) is 0 Å². The Bertz CT molecular complexity index is 503. The highest BCUT2D eigenvalue weighted by atomic mass is 16.5. The van der Waals surface area contributed by atoms with Gasteiger partial charge in [-0.2, -0.15) is 4.98 Å². The fourth-order valence-corrected chi connectivity index (χ4v) is 1.29. The van der Waals surface area contributed by atoms with E-state index in [0.717, 1.165) is 5.56 Å². The van der Waals surface area contributed by atoms with Gasteiger partial charge < -0.3 is 4.52 Å². The number of carbonyl (C=O) groups excluding carboxylic acids is 1. The van der Waals surface area contributed by atoms with Gasteiger partial charge in [-0.3, -0.25) is 4.79 Å². The first-order valence-corrected chi connectivity index (χ1v) is 4.58. The number of ketones is 1. The van der Waals surface area contributed by atoms with Crippen LogP contribution in [0.4, 0.5) is 0 Å². The van der Waals surface area contributed by atoms with Gasteiger partial charge in [-0.1, -0.05) is 17.3 Å². The second-order valence-corrected chi connectivity index (χ2v) is 3.28. The molecule has 4 heteroatoms. The van der Waals surface area contributed by atoms with Crippen LogP contribution in [0.25, 0.3) is 11.5 Å². The summed E-state index contributed by atoms with van der Waals surface area (Å²) in [6.45, 7) is 3.28. The minimum absolute atomic E-state index is 0.0214. The maximum absolute atomic E-state index is 11.2. The van der Waals surface area contributed by atoms with Crippen molar-refractivity contribution >= 4 is 5.78 Å². The Balaban J connectivity index is 2.45. The largest absolute Gasteiger partial charge is 0.334 e. The molecule has 0 radical (unpaired) electrons. The summed E-state index contributed by atoms with van der Waals surface area (Å²) in [4.78, 5) is 15.3. The van der Waals surface area contributed by atoms with Crippen LogP contribution in [0, 0.1) is 6.92 Å². The van der Waals surface area contributed by atoms with E-state index < -0.39 is 0 Å². The van der Waals surface area contributed by atoms with Crippen LogP contribution in [-0.2, 0) is 0 Å². The zero-order valence-corrected chi connectivity index (χ0v) is 8.52. The first kappa shape index (κ1) is 9.58. The third-order valence-electron chi connectivity index (χ3n) is 2.04. The zero-order valence-electron chi connectivity index (χ0n) is 8.52. The summed E-state index contributed by atoms with van der Waals surface area (Å²) in [5, 5.41) is 3.70. The van der Waals surface area contributed by atoms with E-state index in [0.29, 0.717) is 17.3 Å². The second kappa shape index (κ2) is 3.65. The number of Topliss-reactive ketones (excluding diaryl/α,β-unsaturated/α-hetero) is 1. The lowest BCUT2D eigenvalue weighted by molar-refractivity contribution is 0.101. The van der Waals surface area contributed by atoms with Gasteiger partial charge in [0, 0.05) is 11.1 Å². The lowest BCUT2D eigenvalue weighted by Crippen LogP contribution is -1.91. The van der Waals surface area contributed by atoms with Crippen LogP contribution < -0.4 is 0 Å². The fourth-order valence-electron chi connectivity index (χ4n) is 1.29. The van der Waals surface area contributed by atoms with E-state index in [9.17, 15) is 4.79 Å². The number of hydrogen-bond acceptors (Lipinski definition) is 4. The van der Waals surface area contributed by atoms with Gasteiger partial charge in [0.15, 0.2) is 11.6 Å². The van der Waals surface area contributed by atoms with Gasteiger partial charge in [-0.15, -0.1) is 0 Å². The van der Waals surface area contributed by atoms with E-state index in [2.05, 4.69) is 10.1 Å². The van der Waals surface area contributed by atoms with Crippen molar-refractivity contribution in [1.82, 2.24) is 10.1 Å². The predicted octanol–water partition coefficient (Wildman–Crippen LogP) is 2.25. The van der Waals surface area contributed by atoms with Gasteiger partial charge in [0.2, 0.25) is 0 Å². The monoisotopic (exact) mass is 202 g/mol. The first-order valence-electron chi connectivity index (χ1n) is 4.58. The van der Waals surface area contributed by atoms with Crippen LogP contribution in [-0.4, -0.2) is 15.9 Å². The minimum atomic E-state index is 0.0214. The molecule has 0 atom stereocenters. The van der Waals surface area contributed by atoms with Crippen LogP contribution in [0.2, 0.25) is 0 Å². The molecular formula is C11H10N2O2. The smallest absolute Gasteiger partial charge is 0.257 e. The molecule has 0 bridgehead atoms. The van der Waals surface area contributed by atoms with Gasteiger partial charge in [0.1, 0.15) is 0 Å². The Morgan fingerprint density at radius 2 is 2.20 bits per heavy atom. The Kier molecular flexibility index (Phi) is 2.33. The molecule has 1 aromatic heterocycles. The maximum Gasteiger partial charge on any atom is 0.257 e. The summed E-state index contributed by atoms with van der Waals surface area (Å²) in [6.07, 6.45) is 0. The molecule has 0 saturated heterocycles. The maximum atomic E-state index is 11.2. The Morgan fingerprint density at radius 3 is 2.80 bits per heavy atom. The fraction of sp³-hybridized carbons (Fsp3) is 0.182. The molecule has 2 aromatic rings. The molecule has 0 spiro atoms. The van der Waals surface area contributed by atoms with Crippen LogP contribution in [0.15, 0.2) is 28.8 Å². The predicted molar refractivity (Wildman–Crippen MR) is 54.5 cm³/mol. The van der Waals surface area contributed by atoms with E-state index in [-0.39, 0.29) is 5.78 Å². The highest BCUT2D eigenvalue weighted by molar-refractivity contribution is 5.95. The molecule has 0 N–H and O–H groups in total. The van der Waals surface area contributed by atoms with Gasteiger partial charge in [-0.05, 0) is 26.0 Å². The molecule has 0 fully saturated rings. The summed E-state index contributed by atoms with van der Waals surface area (Å²) in [5.74, 6) is 1.04. The molecule has 15 heavy (non-hydrogen) atoms. The SMILES string of the molecule is CC(=O)c1cccc(-c2nc(C)no2)c1. The first-order chi connectivity index (χ1) is 7.16. The van der Waals surface area contributed by atoms with Gasteiger partial charge >= 0.3 is 0 Å². The van der Waals surface area contributed by atoms with Crippen molar-refractivity contribution in [1.29, 1.82) is 0 Å². The Labute approximate surface area is 86.9 Å². The van der Waals surface area contributed by atoms with E-state index in [1.54, 1.807) is 25.1 Å². The molecule has 0 aliphatic rings. The highest BCUT2D eigenvalue weighted by Gasteiger charge is 2.07. The molecule has 1 heterocycles. The average Bonchev–Trinajstić information content (AvgIpc) is 2.65. The highest BCUT2D eigenvalue weighted by Crippen LogP contribution is 2.18. The molecule has 0 aliphatic heterocycles. The third-order valence-corrected chi connectivity index (χ3v) is 2.04. The Hall–Kier alpha value is -1.97. The molecular weight excluding hydrogens is 192 g/mol. The van der Waals surface area contributed by atoms with Crippen molar-refractivity contribution in [2.45, 2.75) is 13.8 Å². The van der Waals surface area contributed by atoms with Crippen molar-refractivity contribution in [3.63, 3.8) is 0 Å². The number of rotatable bonds is 2. The zero-order chi connectivity index (χ0) is 10.8. The summed E-state index contributed by atoms with van der Waals surface area (Å²) < 4.78 is 5.01. The molecule has 0 saturated carbocycles. The van der Waals surface area contributed by atoms with Crippen molar-refractivity contribution in [2.24, 2.45) is 0 Å². The van der Waals surface area contributed by atoms with Crippen LogP contribution in [0.1, 0.15) is 23.1 Å². The standard InChI is InChI=1S/C11H10N2O2/c1-7(14)9-4-3-5-10(6-9)11-12-8(2)13-15-11/h3-6H,1-2H3. The van der Waals surface area contributed by atoms with E-state index in [1.165, 1.54) is 6.92 Å². The Morgan fingerprint density at radius 1 is 1.40 bits per heavy atom. The molecule has 76 valence electrons. The number of hydrogen-bond donors (Lipinski definition) is 0. The number of aromatic nitrogens is 2. The summed E-state index contributed by atoms with van der Waals surface area (Å²) in [7, 11) is 0. The number of benzene rings is 1. The third kappa shape index (κ3) is 1.93. The lowest BCUT2D eigenvalue weighted by atomic mass is 10.1. The van der Waals surface area contributed by atoms with Crippen molar-refractivity contribution < 1.29 is 9.32 Å². The van der Waals surface area contributed by atoms with E-state index in [4.69, 9.17) is 4.52 Å². The molecule has 1 aromatic carbocycles. The molecule has 0 amide bonds. The second-order valence-electron chi connectivity index (χ2n) is 3.28. The van der Waals surface area contributed by atoms with Crippen molar-refractivity contribution in [3.05, 3.63) is 35.7 Å². The quantitative estimate of drug-likeness (QED) is 0.701. The molecule has 0 aliphatic carbocycles. The number of nitrogens with zero attached hydrogens (tertiary/aromatic N) is 2. The van der Waals surface area contributed by atoms with Crippen LogP contribution >= 0.6 is 0 Å². The molecule has 2 rings (SSSR count). The summed E-state index contributed by atoms with van der Waals surface area (Å²) in [5.41, 5.74) is 1.41. The van der Waals surface area contributed by atoms with E-state index in [1.807, 2.05) is 6.07 Å². The summed E-state index contributed by atoms with van der Waals surface area (Å²) in [6, 6.07) is 7.13. The van der Waals surface area contributed by atoms with Crippen LogP contribution in [0.5, 0.6) is 0 Å². The van der Waals surface area contributed by atoms with Gasteiger partial charge in [-0.25, -0.2) is 0 Å². The van der Waals surface area contributed by atoms with E-state index >= 15 is 0 Å². The minimum Gasteiger partial charge on any atom is -0.334 e. The molecule has 4 nitrogen and oxygen atoms in total. The number of carbonyl (C=O) groups is 1. The van der Waals surface area contributed by atoms with Gasteiger partial charge in [0.25, 0.3) is 5.89 Å². The lowest BCUT2D eigenvalue weighted by Gasteiger charge is -1.97. The van der Waals surface area contributed by atoms with Crippen molar-refractivity contribution in [3.8, 4) is 11.5 Å². The van der Waals surface area contributed by atoms with Gasteiger partial charge in [0.05, 0.1) is 0 Å². The molecule has 0 unspecified atom stereocenters. The average molecular weight is 202 g/mol. The van der Waals surface area contributed by atoms with Crippen molar-refractivity contribution in [2.75, 3.05) is 0 Å². The topological polar surface area (TPSA) is 56.0 Å². The summed E-state index contributed by atoms with van der Waals surface area (Å²) >= 11 is 0. The normalized spacial score (nSPS) is 10.3.